The van der Waals surface area contributed by atoms with E-state index in [1.807, 2.05) is 24.3 Å². The maximum absolute atomic E-state index is 12.6. The third-order valence-corrected chi connectivity index (χ3v) is 5.72. The van der Waals surface area contributed by atoms with E-state index < -0.39 is 22.7 Å². The number of fused-ring (bicyclic) bond motifs is 5. The van der Waals surface area contributed by atoms with Gasteiger partial charge in [-0.3, -0.25) is 25.0 Å². The van der Waals surface area contributed by atoms with E-state index in [1.54, 1.807) is 18.2 Å². The van der Waals surface area contributed by atoms with Crippen LogP contribution >= 0.6 is 0 Å². The van der Waals surface area contributed by atoms with Gasteiger partial charge in [0.25, 0.3) is 5.69 Å². The molecule has 0 spiro atoms. The zero-order valence-electron chi connectivity index (χ0n) is 14.1. The standard InChI is InChI=1S/C20H15N3O4/c24-19-17-12(10-5-2-4-8-15(10)23(26)27)9-14-16(18(17)20(25)22-19)11-6-1-3-7-13(11)21-14/h1-8,12,17-18,21H,9H2,(H,22,24,25)/t12-,17+,18-/m1/s1. The Balaban J connectivity index is 1.75. The fourth-order valence-corrected chi connectivity index (χ4v) is 4.68. The molecule has 0 bridgehead atoms. The molecule has 1 aromatic heterocycles. The first kappa shape index (κ1) is 15.7. The van der Waals surface area contributed by atoms with Gasteiger partial charge in [-0.05, 0) is 18.1 Å². The van der Waals surface area contributed by atoms with Crippen molar-refractivity contribution in [3.63, 3.8) is 0 Å². The fourth-order valence-electron chi connectivity index (χ4n) is 4.68. The number of aromatic nitrogens is 1. The van der Waals surface area contributed by atoms with E-state index in [1.165, 1.54) is 6.07 Å². The maximum atomic E-state index is 12.6. The monoisotopic (exact) mass is 361 g/mol. The second kappa shape index (κ2) is 5.51. The van der Waals surface area contributed by atoms with Crippen molar-refractivity contribution in [2.45, 2.75) is 18.3 Å². The van der Waals surface area contributed by atoms with Crippen LogP contribution in [0.2, 0.25) is 0 Å². The van der Waals surface area contributed by atoms with Crippen molar-refractivity contribution in [1.29, 1.82) is 0 Å². The molecule has 2 N–H and O–H groups in total. The molecule has 0 radical (unpaired) electrons. The van der Waals surface area contributed by atoms with E-state index >= 15 is 0 Å². The summed E-state index contributed by atoms with van der Waals surface area (Å²) < 4.78 is 0. The first-order chi connectivity index (χ1) is 13.1. The number of carbonyl (C=O) groups is 2. The number of imide groups is 1. The third-order valence-electron chi connectivity index (χ3n) is 5.72. The first-order valence-corrected chi connectivity index (χ1v) is 8.73. The van der Waals surface area contributed by atoms with Gasteiger partial charge in [0.05, 0.1) is 16.8 Å². The van der Waals surface area contributed by atoms with E-state index in [0.29, 0.717) is 12.0 Å². The van der Waals surface area contributed by atoms with Crippen molar-refractivity contribution in [3.8, 4) is 0 Å². The van der Waals surface area contributed by atoms with Crippen molar-refractivity contribution in [3.05, 3.63) is 75.5 Å². The number of carbonyl (C=O) groups excluding carboxylic acids is 2. The summed E-state index contributed by atoms with van der Waals surface area (Å²) in [5.74, 6) is -2.42. The van der Waals surface area contributed by atoms with Gasteiger partial charge in [0.1, 0.15) is 0 Å². The van der Waals surface area contributed by atoms with Crippen molar-refractivity contribution in [1.82, 2.24) is 10.3 Å². The van der Waals surface area contributed by atoms with Crippen LogP contribution in [0.25, 0.3) is 10.9 Å². The molecule has 0 saturated carbocycles. The molecule has 7 nitrogen and oxygen atoms in total. The van der Waals surface area contributed by atoms with Crippen LogP contribution in [0.3, 0.4) is 0 Å². The highest BCUT2D eigenvalue weighted by atomic mass is 16.6. The normalized spacial score (nSPS) is 23.8. The number of nitro groups is 1. The number of nitrogens with zero attached hydrogens (tertiary/aromatic N) is 1. The van der Waals surface area contributed by atoms with Crippen LogP contribution in [0.4, 0.5) is 5.69 Å². The van der Waals surface area contributed by atoms with E-state index in [9.17, 15) is 19.7 Å². The summed E-state index contributed by atoms with van der Waals surface area (Å²) in [7, 11) is 0. The lowest BCUT2D eigenvalue weighted by atomic mass is 9.69. The summed E-state index contributed by atoms with van der Waals surface area (Å²) in [4.78, 5) is 39.7. The molecule has 1 aliphatic carbocycles. The number of rotatable bonds is 2. The molecule has 134 valence electrons. The Morgan fingerprint density at radius 3 is 2.56 bits per heavy atom. The Bertz CT molecular complexity index is 1130. The van der Waals surface area contributed by atoms with Gasteiger partial charge in [0.15, 0.2) is 0 Å². The summed E-state index contributed by atoms with van der Waals surface area (Å²) >= 11 is 0. The predicted octanol–water partition coefficient (Wildman–Crippen LogP) is 2.77. The number of benzene rings is 2. The Kier molecular flexibility index (Phi) is 3.21. The van der Waals surface area contributed by atoms with Crippen molar-refractivity contribution in [2.24, 2.45) is 5.92 Å². The molecule has 1 aliphatic heterocycles. The molecule has 1 saturated heterocycles. The minimum atomic E-state index is -0.648. The molecule has 3 aromatic rings. The molecular weight excluding hydrogens is 346 g/mol. The SMILES string of the molecule is O=C1NC(=O)[C@@H]2c3c([nH]c4ccccc34)C[C@H](c3ccccc3[N+](=O)[O-])[C@H]12. The zero-order chi connectivity index (χ0) is 18.7. The van der Waals surface area contributed by atoms with E-state index in [4.69, 9.17) is 0 Å². The summed E-state index contributed by atoms with van der Waals surface area (Å²) in [6, 6.07) is 14.1. The highest BCUT2D eigenvalue weighted by Gasteiger charge is 2.52. The number of H-pyrrole nitrogens is 1. The van der Waals surface area contributed by atoms with Crippen molar-refractivity contribution >= 4 is 28.4 Å². The van der Waals surface area contributed by atoms with Gasteiger partial charge in [0.2, 0.25) is 11.8 Å². The quantitative estimate of drug-likeness (QED) is 0.416. The number of amides is 2. The Hall–Kier alpha value is -3.48. The van der Waals surface area contributed by atoms with Crippen molar-refractivity contribution < 1.29 is 14.5 Å². The highest BCUT2D eigenvalue weighted by molar-refractivity contribution is 6.10. The van der Waals surface area contributed by atoms with Crippen LogP contribution in [0.5, 0.6) is 0 Å². The lowest BCUT2D eigenvalue weighted by molar-refractivity contribution is -0.385. The van der Waals surface area contributed by atoms with Crippen LogP contribution in [0, 0.1) is 16.0 Å². The molecule has 3 atom stereocenters. The average molecular weight is 361 g/mol. The van der Waals surface area contributed by atoms with Gasteiger partial charge in [-0.25, -0.2) is 0 Å². The van der Waals surface area contributed by atoms with Crippen LogP contribution in [-0.4, -0.2) is 21.7 Å². The summed E-state index contributed by atoms with van der Waals surface area (Å²) in [5, 5.41) is 14.9. The van der Waals surface area contributed by atoms with Crippen LogP contribution in [0.1, 0.15) is 28.7 Å². The summed E-state index contributed by atoms with van der Waals surface area (Å²) in [5.41, 5.74) is 3.08. The number of hydrogen-bond donors (Lipinski definition) is 2. The third kappa shape index (κ3) is 2.14. The van der Waals surface area contributed by atoms with Crippen LogP contribution < -0.4 is 5.32 Å². The largest absolute Gasteiger partial charge is 0.358 e. The zero-order valence-corrected chi connectivity index (χ0v) is 14.1. The molecule has 5 rings (SSSR count). The molecular formula is C20H15N3O4. The minimum absolute atomic E-state index is 0.0204. The summed E-state index contributed by atoms with van der Waals surface area (Å²) in [6.07, 6.45) is 0.441. The molecule has 2 amide bonds. The smallest absolute Gasteiger partial charge is 0.272 e. The van der Waals surface area contributed by atoms with E-state index in [0.717, 1.165) is 22.2 Å². The molecule has 2 aliphatic rings. The second-order valence-electron chi connectivity index (χ2n) is 7.05. The highest BCUT2D eigenvalue weighted by Crippen LogP contribution is 2.50. The number of nitro benzene ring substituents is 1. The predicted molar refractivity (Wildman–Crippen MR) is 97.2 cm³/mol. The van der Waals surface area contributed by atoms with E-state index in [-0.39, 0.29) is 17.5 Å². The fraction of sp³-hybridized carbons (Fsp3) is 0.200. The lowest BCUT2D eigenvalue weighted by Gasteiger charge is -2.31. The average Bonchev–Trinajstić information content (AvgIpc) is 3.18. The number of aromatic amines is 1. The number of para-hydroxylation sites is 2. The van der Waals surface area contributed by atoms with Crippen molar-refractivity contribution in [2.75, 3.05) is 0 Å². The summed E-state index contributed by atoms with van der Waals surface area (Å²) in [6.45, 7) is 0. The maximum Gasteiger partial charge on any atom is 0.272 e. The Labute approximate surface area is 153 Å². The van der Waals surface area contributed by atoms with Gasteiger partial charge >= 0.3 is 0 Å². The molecule has 7 heteroatoms. The molecule has 2 heterocycles. The first-order valence-electron chi connectivity index (χ1n) is 8.73. The molecule has 1 fully saturated rings. The van der Waals surface area contributed by atoms with Gasteiger partial charge < -0.3 is 4.98 Å². The Morgan fingerprint density at radius 2 is 1.74 bits per heavy atom. The van der Waals surface area contributed by atoms with Gasteiger partial charge in [0, 0.05) is 34.1 Å². The van der Waals surface area contributed by atoms with Crippen LogP contribution in [-0.2, 0) is 16.0 Å². The topological polar surface area (TPSA) is 105 Å². The van der Waals surface area contributed by atoms with Gasteiger partial charge in [-0.15, -0.1) is 0 Å². The molecule has 0 unspecified atom stereocenters. The van der Waals surface area contributed by atoms with Crippen LogP contribution in [0.15, 0.2) is 48.5 Å². The second-order valence-corrected chi connectivity index (χ2v) is 7.05. The number of nitrogens with one attached hydrogen (secondary N) is 2. The molecule has 27 heavy (non-hydrogen) atoms. The van der Waals surface area contributed by atoms with E-state index in [2.05, 4.69) is 10.3 Å². The van der Waals surface area contributed by atoms with Gasteiger partial charge in [-0.2, -0.15) is 0 Å². The lowest BCUT2D eigenvalue weighted by Crippen LogP contribution is -2.31. The van der Waals surface area contributed by atoms with Gasteiger partial charge in [-0.1, -0.05) is 36.4 Å². The minimum Gasteiger partial charge on any atom is -0.358 e. The molecule has 2 aromatic carbocycles. The Morgan fingerprint density at radius 1 is 1.00 bits per heavy atom. The number of hydrogen-bond acceptors (Lipinski definition) is 4.